The molecular weight excluding hydrogens is 769 g/mol. The second kappa shape index (κ2) is 51.0. The third-order valence-electron chi connectivity index (χ3n) is 11.6. The quantitative estimate of drug-likeness (QED) is 0.0262. The minimum atomic E-state index is -0.776. The molecule has 0 N–H and O–H groups in total. The Morgan fingerprint density at radius 2 is 0.581 bits per heavy atom. The van der Waals surface area contributed by atoms with Gasteiger partial charge in [0.1, 0.15) is 13.2 Å². The van der Waals surface area contributed by atoms with Crippen LogP contribution in [-0.2, 0) is 28.6 Å². The smallest absolute Gasteiger partial charge is 0.306 e. The number of rotatable bonds is 48. The van der Waals surface area contributed by atoms with Crippen molar-refractivity contribution in [1.82, 2.24) is 0 Å². The van der Waals surface area contributed by atoms with Crippen molar-refractivity contribution >= 4 is 17.9 Å². The first kappa shape index (κ1) is 59.4. The highest BCUT2D eigenvalue weighted by Gasteiger charge is 2.19. The van der Waals surface area contributed by atoms with E-state index in [1.165, 1.54) is 148 Å². The highest BCUT2D eigenvalue weighted by Crippen LogP contribution is 2.14. The fourth-order valence-corrected chi connectivity index (χ4v) is 7.50. The summed E-state index contributed by atoms with van der Waals surface area (Å²) >= 11 is 0. The molecule has 0 aromatic rings. The van der Waals surface area contributed by atoms with Crippen molar-refractivity contribution in [3.05, 3.63) is 48.6 Å². The highest BCUT2D eigenvalue weighted by molar-refractivity contribution is 5.71. The van der Waals surface area contributed by atoms with Gasteiger partial charge in [-0.1, -0.05) is 217 Å². The van der Waals surface area contributed by atoms with E-state index in [1.54, 1.807) is 0 Å². The van der Waals surface area contributed by atoms with Gasteiger partial charge >= 0.3 is 17.9 Å². The summed E-state index contributed by atoms with van der Waals surface area (Å²) in [6.45, 7) is 6.54. The van der Waals surface area contributed by atoms with E-state index < -0.39 is 6.10 Å². The van der Waals surface area contributed by atoms with E-state index in [2.05, 4.69) is 69.4 Å². The van der Waals surface area contributed by atoms with Crippen LogP contribution in [0.5, 0.6) is 0 Å². The summed E-state index contributed by atoms with van der Waals surface area (Å²) in [6.07, 6.45) is 61.3. The first-order valence-electron chi connectivity index (χ1n) is 26.6. The summed E-state index contributed by atoms with van der Waals surface area (Å²) in [5.41, 5.74) is 0. The van der Waals surface area contributed by atoms with Crippen molar-refractivity contribution in [2.24, 2.45) is 0 Å². The van der Waals surface area contributed by atoms with Gasteiger partial charge in [0.2, 0.25) is 0 Å². The Hall–Kier alpha value is -2.63. The Bertz CT molecular complexity index is 1090. The van der Waals surface area contributed by atoms with Gasteiger partial charge in [0.25, 0.3) is 0 Å². The van der Waals surface area contributed by atoms with Crippen molar-refractivity contribution < 1.29 is 28.6 Å². The predicted molar refractivity (Wildman–Crippen MR) is 265 cm³/mol. The molecule has 0 saturated heterocycles. The van der Waals surface area contributed by atoms with Gasteiger partial charge < -0.3 is 14.2 Å². The van der Waals surface area contributed by atoms with Gasteiger partial charge in [0.15, 0.2) is 6.10 Å². The van der Waals surface area contributed by atoms with Crippen LogP contribution in [0.4, 0.5) is 0 Å². The molecule has 0 bridgehead atoms. The van der Waals surface area contributed by atoms with E-state index in [4.69, 9.17) is 14.2 Å². The third kappa shape index (κ3) is 48.4. The first-order chi connectivity index (χ1) is 30.5. The second-order valence-corrected chi connectivity index (χ2v) is 17.8. The molecule has 0 aliphatic heterocycles. The molecule has 1 unspecified atom stereocenters. The summed E-state index contributed by atoms with van der Waals surface area (Å²) in [5.74, 6) is -0.904. The standard InChI is InChI=1S/C56H100O6/c1-4-7-10-13-15-17-19-21-23-25-27-28-29-31-32-34-36-38-40-43-46-49-55(58)61-52-53(51-60-54(57)48-45-42-12-9-6-3)62-56(59)50-47-44-41-39-37-35-33-30-26-24-22-20-18-16-14-11-8-5-2/h19,21,24-27,29,31,53H,4-18,20,22-23,28,30,32-52H2,1-3H3/b21-19-,26-24-,27-25-,31-29-. The molecule has 0 spiro atoms. The number of allylic oxidation sites excluding steroid dienone is 8. The molecule has 6 nitrogen and oxygen atoms in total. The van der Waals surface area contributed by atoms with Crippen LogP contribution in [0, 0.1) is 0 Å². The molecule has 0 aromatic carbocycles. The van der Waals surface area contributed by atoms with E-state index >= 15 is 0 Å². The molecule has 62 heavy (non-hydrogen) atoms. The normalized spacial score (nSPS) is 12.4. The van der Waals surface area contributed by atoms with Crippen LogP contribution in [0.3, 0.4) is 0 Å². The number of unbranched alkanes of at least 4 members (excludes halogenated alkanes) is 29. The Morgan fingerprint density at radius 1 is 0.323 bits per heavy atom. The van der Waals surface area contributed by atoms with Crippen molar-refractivity contribution in [3.8, 4) is 0 Å². The zero-order valence-electron chi connectivity index (χ0n) is 41.1. The van der Waals surface area contributed by atoms with E-state index in [0.29, 0.717) is 19.3 Å². The lowest BCUT2D eigenvalue weighted by molar-refractivity contribution is -0.167. The highest BCUT2D eigenvalue weighted by atomic mass is 16.6. The summed E-state index contributed by atoms with van der Waals surface area (Å²) < 4.78 is 16.7. The minimum Gasteiger partial charge on any atom is -0.462 e. The molecule has 1 atom stereocenters. The number of carbonyl (C=O) groups excluding carboxylic acids is 3. The van der Waals surface area contributed by atoms with Gasteiger partial charge in [0, 0.05) is 19.3 Å². The van der Waals surface area contributed by atoms with Crippen LogP contribution in [0.2, 0.25) is 0 Å². The minimum absolute atomic E-state index is 0.0794. The molecule has 0 rings (SSSR count). The van der Waals surface area contributed by atoms with E-state index in [-0.39, 0.29) is 31.1 Å². The fraction of sp³-hybridized carbons (Fsp3) is 0.804. The lowest BCUT2D eigenvalue weighted by atomic mass is 10.1. The van der Waals surface area contributed by atoms with Gasteiger partial charge in [-0.3, -0.25) is 14.4 Å². The second-order valence-electron chi connectivity index (χ2n) is 17.8. The molecule has 6 heteroatoms. The van der Waals surface area contributed by atoms with Crippen LogP contribution in [0.1, 0.15) is 271 Å². The maximum absolute atomic E-state index is 12.7. The maximum Gasteiger partial charge on any atom is 0.306 e. The van der Waals surface area contributed by atoms with Crippen molar-refractivity contribution in [2.45, 2.75) is 277 Å². The predicted octanol–water partition coefficient (Wildman–Crippen LogP) is 17.5. The zero-order valence-corrected chi connectivity index (χ0v) is 41.1. The van der Waals surface area contributed by atoms with E-state index in [9.17, 15) is 14.4 Å². The summed E-state index contributed by atoms with van der Waals surface area (Å²) in [6, 6.07) is 0. The molecular formula is C56H100O6. The van der Waals surface area contributed by atoms with Crippen LogP contribution in [0.15, 0.2) is 48.6 Å². The number of hydrogen-bond donors (Lipinski definition) is 0. The van der Waals surface area contributed by atoms with Crippen molar-refractivity contribution in [1.29, 1.82) is 0 Å². The first-order valence-corrected chi connectivity index (χ1v) is 26.6. The molecule has 0 amide bonds. The number of esters is 3. The Kier molecular flexibility index (Phi) is 48.8. The molecule has 0 heterocycles. The fourth-order valence-electron chi connectivity index (χ4n) is 7.50. The average molecular weight is 869 g/mol. The van der Waals surface area contributed by atoms with Crippen LogP contribution >= 0.6 is 0 Å². The molecule has 0 fully saturated rings. The maximum atomic E-state index is 12.7. The third-order valence-corrected chi connectivity index (χ3v) is 11.6. The Balaban J connectivity index is 4.17. The van der Waals surface area contributed by atoms with E-state index in [0.717, 1.165) is 83.5 Å². The number of ether oxygens (including phenoxy) is 3. The molecule has 360 valence electrons. The van der Waals surface area contributed by atoms with Gasteiger partial charge in [0.05, 0.1) is 0 Å². The average Bonchev–Trinajstić information content (AvgIpc) is 3.27. The molecule has 0 radical (unpaired) electrons. The van der Waals surface area contributed by atoms with Gasteiger partial charge in [-0.05, 0) is 83.5 Å². The Morgan fingerprint density at radius 3 is 0.919 bits per heavy atom. The molecule has 0 aliphatic rings. The van der Waals surface area contributed by atoms with E-state index in [1.807, 2.05) is 0 Å². The zero-order chi connectivity index (χ0) is 45.1. The largest absolute Gasteiger partial charge is 0.462 e. The van der Waals surface area contributed by atoms with Crippen LogP contribution in [-0.4, -0.2) is 37.2 Å². The lowest BCUT2D eigenvalue weighted by Gasteiger charge is -2.18. The van der Waals surface area contributed by atoms with Gasteiger partial charge in [-0.15, -0.1) is 0 Å². The lowest BCUT2D eigenvalue weighted by Crippen LogP contribution is -2.30. The molecule has 0 aromatic heterocycles. The van der Waals surface area contributed by atoms with Gasteiger partial charge in [-0.2, -0.15) is 0 Å². The summed E-state index contributed by atoms with van der Waals surface area (Å²) in [4.78, 5) is 37.7. The molecule has 0 aliphatic carbocycles. The number of carbonyl (C=O) groups is 3. The van der Waals surface area contributed by atoms with Crippen LogP contribution in [0.25, 0.3) is 0 Å². The van der Waals surface area contributed by atoms with Crippen molar-refractivity contribution in [2.75, 3.05) is 13.2 Å². The topological polar surface area (TPSA) is 78.9 Å². The van der Waals surface area contributed by atoms with Gasteiger partial charge in [-0.25, -0.2) is 0 Å². The van der Waals surface area contributed by atoms with Crippen LogP contribution < -0.4 is 0 Å². The molecule has 0 saturated carbocycles. The number of hydrogen-bond acceptors (Lipinski definition) is 6. The SMILES string of the molecule is CCCCCCC/C=C\C/C=C\C/C=C\CCCCCCCCC(=O)OCC(COC(=O)CCCCCCC)OC(=O)CCCCCCCCC/C=C\CCCCCCCCC. The Labute approximate surface area is 384 Å². The monoisotopic (exact) mass is 869 g/mol. The van der Waals surface area contributed by atoms with Crippen molar-refractivity contribution in [3.63, 3.8) is 0 Å². The summed E-state index contributed by atoms with van der Waals surface area (Å²) in [7, 11) is 0. The summed E-state index contributed by atoms with van der Waals surface area (Å²) in [5, 5.41) is 0.